The molecule has 0 atom stereocenters. The second-order valence-electron chi connectivity index (χ2n) is 6.85. The molecule has 0 fully saturated rings. The van der Waals surface area contributed by atoms with Crippen molar-refractivity contribution in [1.29, 1.82) is 0 Å². The first-order valence-electron chi connectivity index (χ1n) is 9.64. The van der Waals surface area contributed by atoms with Gasteiger partial charge in [0.15, 0.2) is 0 Å². The Kier molecular flexibility index (Phi) is 7.69. The quantitative estimate of drug-likeness (QED) is 0.436. The summed E-state index contributed by atoms with van der Waals surface area (Å²) in [6.45, 7) is 6.40. The van der Waals surface area contributed by atoms with Gasteiger partial charge in [0.2, 0.25) is 0 Å². The van der Waals surface area contributed by atoms with E-state index in [0.29, 0.717) is 37.9 Å². The van der Waals surface area contributed by atoms with Gasteiger partial charge in [-0.15, -0.1) is 5.92 Å². The molecule has 1 aliphatic heterocycles. The van der Waals surface area contributed by atoms with Gasteiger partial charge in [-0.2, -0.15) is 0 Å². The highest BCUT2D eigenvalue weighted by Crippen LogP contribution is 2.37. The molecule has 0 bridgehead atoms. The molecule has 0 aromatic heterocycles. The van der Waals surface area contributed by atoms with E-state index in [-0.39, 0.29) is 11.9 Å². The van der Waals surface area contributed by atoms with Crippen LogP contribution in [0.3, 0.4) is 0 Å². The number of carbonyl (C=O) groups excluding carboxylic acids is 2. The monoisotopic (exact) mass is 383 g/mol. The molecule has 0 radical (unpaired) electrons. The zero-order valence-electron chi connectivity index (χ0n) is 17.5. The average Bonchev–Trinajstić information content (AvgIpc) is 3.08. The number of hydrogen-bond donors (Lipinski definition) is 1. The van der Waals surface area contributed by atoms with E-state index in [0.717, 1.165) is 39.9 Å². The number of anilines is 1. The predicted octanol–water partition coefficient (Wildman–Crippen LogP) is 4.11. The molecular formula is C23H29NO4. The summed E-state index contributed by atoms with van der Waals surface area (Å²) in [5, 5.41) is 3.22. The van der Waals surface area contributed by atoms with Gasteiger partial charge in [-0.3, -0.25) is 4.79 Å². The molecule has 5 nitrogen and oxygen atoms in total. The number of rotatable bonds is 7. The fourth-order valence-corrected chi connectivity index (χ4v) is 3.46. The van der Waals surface area contributed by atoms with Crippen molar-refractivity contribution in [1.82, 2.24) is 0 Å². The maximum Gasteiger partial charge on any atom is 0.341 e. The number of carbonyl (C=O) groups is 2. The van der Waals surface area contributed by atoms with Crippen LogP contribution in [0.2, 0.25) is 0 Å². The van der Waals surface area contributed by atoms with Crippen LogP contribution in [0.1, 0.15) is 65.7 Å². The van der Waals surface area contributed by atoms with Crippen molar-refractivity contribution < 1.29 is 19.1 Å². The number of benzene rings is 1. The van der Waals surface area contributed by atoms with Gasteiger partial charge in [-0.1, -0.05) is 24.5 Å². The molecule has 1 N–H and O–H groups in total. The first-order valence-corrected chi connectivity index (χ1v) is 9.64. The Hall–Kier alpha value is -2.74. The highest BCUT2D eigenvalue weighted by molar-refractivity contribution is 6.01. The number of fused-ring (bicyclic) bond motifs is 1. The van der Waals surface area contributed by atoms with E-state index >= 15 is 0 Å². The zero-order valence-corrected chi connectivity index (χ0v) is 17.5. The van der Waals surface area contributed by atoms with Crippen molar-refractivity contribution in [3.05, 3.63) is 39.5 Å². The van der Waals surface area contributed by atoms with Crippen LogP contribution < -0.4 is 5.32 Å². The summed E-state index contributed by atoms with van der Waals surface area (Å²) in [4.78, 5) is 23.7. The summed E-state index contributed by atoms with van der Waals surface area (Å²) in [6, 6.07) is 0. The van der Waals surface area contributed by atoms with E-state index in [1.54, 1.807) is 0 Å². The predicted molar refractivity (Wildman–Crippen MR) is 110 cm³/mol. The molecule has 5 heteroatoms. The summed E-state index contributed by atoms with van der Waals surface area (Å²) in [5.41, 5.74) is 6.84. The molecule has 28 heavy (non-hydrogen) atoms. The molecule has 2 rings (SSSR count). The van der Waals surface area contributed by atoms with Crippen LogP contribution in [-0.2, 0) is 33.7 Å². The first-order chi connectivity index (χ1) is 13.4. The topological polar surface area (TPSA) is 64.6 Å². The molecule has 1 heterocycles. The van der Waals surface area contributed by atoms with Gasteiger partial charge in [-0.25, -0.2) is 4.79 Å². The van der Waals surface area contributed by atoms with E-state index in [2.05, 4.69) is 23.2 Å². The van der Waals surface area contributed by atoms with E-state index in [4.69, 9.17) is 9.47 Å². The number of nitrogens with one attached hydrogen (secondary N) is 1. The third-order valence-electron chi connectivity index (χ3n) is 5.10. The Labute approximate surface area is 167 Å². The zero-order chi connectivity index (χ0) is 20.7. The van der Waals surface area contributed by atoms with Crippen LogP contribution in [0.25, 0.3) is 0 Å². The van der Waals surface area contributed by atoms with Gasteiger partial charge in [0, 0.05) is 31.9 Å². The summed E-state index contributed by atoms with van der Waals surface area (Å²) in [7, 11) is 3.23. The standard InChI is InChI=1S/C23H29NO4/c1-6-7-8-9-17-16(3)19-14-28-23(26)21(19)22(24-4)18(17)12-10-15(2)11-13-20(25)27-5/h10,24H,6,9,11-14H2,1-5H3/b15-10+. The Morgan fingerprint density at radius 2 is 2.04 bits per heavy atom. The van der Waals surface area contributed by atoms with E-state index < -0.39 is 0 Å². The second-order valence-corrected chi connectivity index (χ2v) is 6.85. The Morgan fingerprint density at radius 1 is 1.29 bits per heavy atom. The molecule has 0 aliphatic carbocycles. The molecule has 0 saturated heterocycles. The molecule has 1 aliphatic rings. The van der Waals surface area contributed by atoms with Crippen LogP contribution in [0.5, 0.6) is 0 Å². The summed E-state index contributed by atoms with van der Waals surface area (Å²) in [6.07, 6.45) is 5.24. The third kappa shape index (κ3) is 4.75. The van der Waals surface area contributed by atoms with Crippen LogP contribution in [-0.4, -0.2) is 26.1 Å². The fraction of sp³-hybridized carbons (Fsp3) is 0.478. The van der Waals surface area contributed by atoms with Gasteiger partial charge in [0.05, 0.1) is 18.4 Å². The number of cyclic esters (lactones) is 1. The normalized spacial score (nSPS) is 12.8. The Morgan fingerprint density at radius 3 is 2.68 bits per heavy atom. The SMILES string of the molecule is CCC#CCc1c(C)c2c(c(NC)c1C/C=C(\C)CCC(=O)OC)C(=O)OC2. The molecule has 0 spiro atoms. The lowest BCUT2D eigenvalue weighted by Gasteiger charge is -2.19. The highest BCUT2D eigenvalue weighted by atomic mass is 16.5. The van der Waals surface area contributed by atoms with Gasteiger partial charge in [-0.05, 0) is 43.4 Å². The largest absolute Gasteiger partial charge is 0.469 e. The minimum absolute atomic E-state index is 0.213. The lowest BCUT2D eigenvalue weighted by atomic mass is 9.87. The molecule has 1 aromatic carbocycles. The summed E-state index contributed by atoms with van der Waals surface area (Å²) >= 11 is 0. The van der Waals surface area contributed by atoms with Crippen molar-refractivity contribution in [2.24, 2.45) is 0 Å². The molecule has 0 saturated carbocycles. The molecular weight excluding hydrogens is 354 g/mol. The lowest BCUT2D eigenvalue weighted by Crippen LogP contribution is -2.10. The van der Waals surface area contributed by atoms with Crippen molar-refractivity contribution in [3.8, 4) is 11.8 Å². The molecule has 0 amide bonds. The number of methoxy groups -OCH3 is 1. The average molecular weight is 383 g/mol. The van der Waals surface area contributed by atoms with Gasteiger partial charge in [0.1, 0.15) is 6.61 Å². The van der Waals surface area contributed by atoms with Gasteiger partial charge >= 0.3 is 11.9 Å². The van der Waals surface area contributed by atoms with Gasteiger partial charge in [0.25, 0.3) is 0 Å². The van der Waals surface area contributed by atoms with Crippen LogP contribution >= 0.6 is 0 Å². The number of ether oxygens (including phenoxy) is 2. The molecule has 150 valence electrons. The van der Waals surface area contributed by atoms with Crippen LogP contribution in [0.15, 0.2) is 11.6 Å². The maximum absolute atomic E-state index is 12.3. The van der Waals surface area contributed by atoms with Crippen molar-refractivity contribution in [3.63, 3.8) is 0 Å². The van der Waals surface area contributed by atoms with Crippen LogP contribution in [0, 0.1) is 18.8 Å². The van der Waals surface area contributed by atoms with Crippen molar-refractivity contribution >= 4 is 17.6 Å². The molecule has 1 aromatic rings. The number of esters is 2. The number of hydrogen-bond acceptors (Lipinski definition) is 5. The summed E-state index contributed by atoms with van der Waals surface area (Å²) in [5.74, 6) is 5.88. The van der Waals surface area contributed by atoms with E-state index in [1.165, 1.54) is 7.11 Å². The molecule has 0 unspecified atom stereocenters. The van der Waals surface area contributed by atoms with Crippen LogP contribution in [0.4, 0.5) is 5.69 Å². The first kappa shape index (κ1) is 21.6. The Balaban J connectivity index is 2.45. The highest BCUT2D eigenvalue weighted by Gasteiger charge is 2.30. The van der Waals surface area contributed by atoms with E-state index in [1.807, 2.05) is 27.8 Å². The van der Waals surface area contributed by atoms with Crippen molar-refractivity contribution in [2.75, 3.05) is 19.5 Å². The smallest absolute Gasteiger partial charge is 0.341 e. The second kappa shape index (κ2) is 9.98. The Bertz CT molecular complexity index is 856. The van der Waals surface area contributed by atoms with E-state index in [9.17, 15) is 9.59 Å². The summed E-state index contributed by atoms with van der Waals surface area (Å²) < 4.78 is 10.0. The minimum atomic E-state index is -0.277. The minimum Gasteiger partial charge on any atom is -0.469 e. The third-order valence-corrected chi connectivity index (χ3v) is 5.10. The lowest BCUT2D eigenvalue weighted by molar-refractivity contribution is -0.140. The fourth-order valence-electron chi connectivity index (χ4n) is 3.46. The van der Waals surface area contributed by atoms with Crippen molar-refractivity contribution in [2.45, 2.75) is 59.5 Å². The maximum atomic E-state index is 12.3. The van der Waals surface area contributed by atoms with Gasteiger partial charge < -0.3 is 14.8 Å². The number of allylic oxidation sites excluding steroid dienone is 2.